The van der Waals surface area contributed by atoms with Crippen LogP contribution in [0.4, 0.5) is 5.82 Å². The number of amides is 2. The summed E-state index contributed by atoms with van der Waals surface area (Å²) in [7, 11) is 0. The maximum atomic E-state index is 12.2. The molecule has 1 atom stereocenters. The molecule has 186 valence electrons. The van der Waals surface area contributed by atoms with Crippen molar-refractivity contribution in [2.45, 2.75) is 32.2 Å². The second kappa shape index (κ2) is 9.09. The van der Waals surface area contributed by atoms with E-state index in [1.165, 1.54) is 0 Å². The highest BCUT2D eigenvalue weighted by molar-refractivity contribution is 6.06. The summed E-state index contributed by atoms with van der Waals surface area (Å²) in [6, 6.07) is 21.6. The molecule has 1 aliphatic heterocycles. The highest BCUT2D eigenvalue weighted by atomic mass is 16.2. The van der Waals surface area contributed by atoms with Crippen LogP contribution in [0.3, 0.4) is 0 Å². The molecule has 6 rings (SSSR count). The molecule has 1 unspecified atom stereocenters. The Balaban J connectivity index is 1.53. The molecular weight excluding hydrogens is 466 g/mol. The average molecular weight is 494 g/mol. The monoisotopic (exact) mass is 493 g/mol. The molecule has 0 saturated carbocycles. The SMILES string of the molecule is Cc1cc2c(C(N)=O)cccc2n1-c1nc(NCc2ccccc2)c2ccc(C3CCNC(=O)C3)n2n1. The van der Waals surface area contributed by atoms with Crippen molar-refractivity contribution in [3.8, 4) is 5.95 Å². The number of carbonyl (C=O) groups excluding carboxylic acids is 2. The van der Waals surface area contributed by atoms with Gasteiger partial charge in [-0.2, -0.15) is 4.98 Å². The predicted molar refractivity (Wildman–Crippen MR) is 142 cm³/mol. The van der Waals surface area contributed by atoms with Crippen LogP contribution >= 0.6 is 0 Å². The van der Waals surface area contributed by atoms with Crippen LogP contribution in [0.5, 0.6) is 0 Å². The zero-order valence-electron chi connectivity index (χ0n) is 20.4. The number of primary amides is 1. The lowest BCUT2D eigenvalue weighted by Crippen LogP contribution is -2.33. The van der Waals surface area contributed by atoms with Gasteiger partial charge in [0.05, 0.1) is 5.52 Å². The first-order valence-electron chi connectivity index (χ1n) is 12.3. The van der Waals surface area contributed by atoms with E-state index in [0.717, 1.165) is 39.8 Å². The average Bonchev–Trinajstić information content (AvgIpc) is 3.48. The lowest BCUT2D eigenvalue weighted by molar-refractivity contribution is -0.122. The molecule has 0 bridgehead atoms. The maximum Gasteiger partial charge on any atom is 0.254 e. The largest absolute Gasteiger partial charge is 0.366 e. The summed E-state index contributed by atoms with van der Waals surface area (Å²) in [6.45, 7) is 3.19. The number of anilines is 1. The van der Waals surface area contributed by atoms with Crippen molar-refractivity contribution in [1.29, 1.82) is 0 Å². The Morgan fingerprint density at radius 3 is 2.73 bits per heavy atom. The number of rotatable bonds is 6. The quantitative estimate of drug-likeness (QED) is 0.333. The van der Waals surface area contributed by atoms with Crippen LogP contribution in [0.25, 0.3) is 22.4 Å². The van der Waals surface area contributed by atoms with Gasteiger partial charge in [-0.3, -0.25) is 14.2 Å². The van der Waals surface area contributed by atoms with Crippen molar-refractivity contribution < 1.29 is 9.59 Å². The van der Waals surface area contributed by atoms with Crippen LogP contribution in [0.2, 0.25) is 0 Å². The van der Waals surface area contributed by atoms with Crippen molar-refractivity contribution in [3.05, 3.63) is 89.2 Å². The molecule has 4 N–H and O–H groups in total. The fraction of sp³-hybridized carbons (Fsp3) is 0.214. The second-order valence-corrected chi connectivity index (χ2v) is 9.42. The Morgan fingerprint density at radius 1 is 1.11 bits per heavy atom. The first-order valence-corrected chi connectivity index (χ1v) is 12.3. The number of nitrogens with two attached hydrogens (primary N) is 1. The van der Waals surface area contributed by atoms with Crippen molar-refractivity contribution in [3.63, 3.8) is 0 Å². The molecule has 9 heteroatoms. The zero-order chi connectivity index (χ0) is 25.5. The summed E-state index contributed by atoms with van der Waals surface area (Å²) in [5.74, 6) is 0.786. The van der Waals surface area contributed by atoms with Crippen LogP contribution in [0, 0.1) is 6.92 Å². The smallest absolute Gasteiger partial charge is 0.254 e. The number of aryl methyl sites for hydroxylation is 1. The van der Waals surface area contributed by atoms with Gasteiger partial charge in [0.15, 0.2) is 5.82 Å². The second-order valence-electron chi connectivity index (χ2n) is 9.42. The summed E-state index contributed by atoms with van der Waals surface area (Å²) in [5, 5.41) is 12.1. The van der Waals surface area contributed by atoms with Gasteiger partial charge >= 0.3 is 0 Å². The van der Waals surface area contributed by atoms with Gasteiger partial charge in [-0.1, -0.05) is 36.4 Å². The van der Waals surface area contributed by atoms with Gasteiger partial charge in [0.25, 0.3) is 5.95 Å². The van der Waals surface area contributed by atoms with Gasteiger partial charge in [0.1, 0.15) is 5.52 Å². The molecular formula is C28H27N7O2. The fourth-order valence-electron chi connectivity index (χ4n) is 5.20. The highest BCUT2D eigenvalue weighted by Gasteiger charge is 2.25. The third-order valence-corrected chi connectivity index (χ3v) is 6.99. The van der Waals surface area contributed by atoms with Crippen molar-refractivity contribution >= 4 is 34.1 Å². The van der Waals surface area contributed by atoms with E-state index in [0.29, 0.717) is 36.8 Å². The third-order valence-electron chi connectivity index (χ3n) is 6.99. The van der Waals surface area contributed by atoms with Crippen LogP contribution < -0.4 is 16.4 Å². The molecule has 0 spiro atoms. The normalized spacial score (nSPS) is 15.7. The summed E-state index contributed by atoms with van der Waals surface area (Å²) < 4.78 is 3.84. The molecule has 3 aromatic heterocycles. The number of fused-ring (bicyclic) bond motifs is 2. The van der Waals surface area contributed by atoms with Crippen LogP contribution in [-0.4, -0.2) is 37.5 Å². The number of nitrogens with zero attached hydrogens (tertiary/aromatic N) is 4. The van der Waals surface area contributed by atoms with E-state index in [-0.39, 0.29) is 11.8 Å². The summed E-state index contributed by atoms with van der Waals surface area (Å²) in [6.07, 6.45) is 1.27. The minimum Gasteiger partial charge on any atom is -0.366 e. The number of hydrogen-bond acceptors (Lipinski definition) is 5. The van der Waals surface area contributed by atoms with Gasteiger partial charge in [-0.15, -0.1) is 5.10 Å². The molecule has 1 saturated heterocycles. The van der Waals surface area contributed by atoms with E-state index < -0.39 is 5.91 Å². The fourth-order valence-corrected chi connectivity index (χ4v) is 5.20. The molecule has 0 radical (unpaired) electrons. The van der Waals surface area contributed by atoms with Crippen molar-refractivity contribution in [1.82, 2.24) is 24.5 Å². The van der Waals surface area contributed by atoms with Crippen LogP contribution in [-0.2, 0) is 11.3 Å². The summed E-state index contributed by atoms with van der Waals surface area (Å²) in [5.41, 5.74) is 10.7. The lowest BCUT2D eigenvalue weighted by Gasteiger charge is -2.22. The first kappa shape index (κ1) is 22.8. The van der Waals surface area contributed by atoms with E-state index in [4.69, 9.17) is 15.8 Å². The highest BCUT2D eigenvalue weighted by Crippen LogP contribution is 2.31. The van der Waals surface area contributed by atoms with Gasteiger partial charge in [-0.05, 0) is 49.2 Å². The van der Waals surface area contributed by atoms with E-state index in [1.807, 2.05) is 64.5 Å². The number of hydrogen-bond donors (Lipinski definition) is 3. The Hall–Kier alpha value is -4.66. The Bertz CT molecular complexity index is 1650. The van der Waals surface area contributed by atoms with Gasteiger partial charge in [0.2, 0.25) is 11.8 Å². The maximum absolute atomic E-state index is 12.2. The topological polar surface area (TPSA) is 119 Å². The molecule has 1 fully saturated rings. The third kappa shape index (κ3) is 4.08. The number of benzene rings is 2. The van der Waals surface area contributed by atoms with Crippen molar-refractivity contribution in [2.24, 2.45) is 5.73 Å². The van der Waals surface area contributed by atoms with E-state index in [9.17, 15) is 9.59 Å². The minimum absolute atomic E-state index is 0.0501. The Kier molecular flexibility index (Phi) is 5.60. The molecule has 2 amide bonds. The molecule has 9 nitrogen and oxygen atoms in total. The Labute approximate surface area is 213 Å². The van der Waals surface area contributed by atoms with Gasteiger partial charge in [0, 0.05) is 47.8 Å². The number of carbonyl (C=O) groups is 2. The molecule has 0 aliphatic carbocycles. The van der Waals surface area contributed by atoms with Crippen LogP contribution in [0.1, 0.15) is 46.1 Å². The summed E-state index contributed by atoms with van der Waals surface area (Å²) in [4.78, 5) is 29.2. The molecule has 37 heavy (non-hydrogen) atoms. The number of piperidine rings is 1. The van der Waals surface area contributed by atoms with E-state index in [1.54, 1.807) is 6.07 Å². The summed E-state index contributed by atoms with van der Waals surface area (Å²) >= 11 is 0. The number of nitrogens with one attached hydrogen (secondary N) is 2. The minimum atomic E-state index is -0.479. The van der Waals surface area contributed by atoms with Crippen molar-refractivity contribution in [2.75, 3.05) is 11.9 Å². The standard InChI is InChI=1S/C28H27N7O2/c1-17-14-21-20(26(29)37)8-5-9-23(21)34(17)28-32-27(31-16-18-6-3-2-4-7-18)24-11-10-22(35(24)33-28)19-12-13-30-25(36)15-19/h2-11,14,19H,12-13,15-16H2,1H3,(H2,29,37)(H,30,36)(H,31,32,33). The number of aromatic nitrogens is 4. The Morgan fingerprint density at radius 2 is 1.95 bits per heavy atom. The first-order chi connectivity index (χ1) is 18.0. The van der Waals surface area contributed by atoms with Gasteiger partial charge in [-0.25, -0.2) is 4.52 Å². The molecule has 2 aromatic carbocycles. The molecule has 1 aliphatic rings. The van der Waals surface area contributed by atoms with Crippen LogP contribution in [0.15, 0.2) is 66.7 Å². The zero-order valence-corrected chi connectivity index (χ0v) is 20.4. The van der Waals surface area contributed by atoms with E-state index >= 15 is 0 Å². The van der Waals surface area contributed by atoms with E-state index in [2.05, 4.69) is 22.8 Å². The molecule has 5 aromatic rings. The lowest BCUT2D eigenvalue weighted by atomic mass is 9.94. The molecule has 4 heterocycles. The predicted octanol–water partition coefficient (Wildman–Crippen LogP) is 3.69. The van der Waals surface area contributed by atoms with Gasteiger partial charge < -0.3 is 16.4 Å².